The van der Waals surface area contributed by atoms with E-state index in [9.17, 15) is 4.79 Å². The van der Waals surface area contributed by atoms with Gasteiger partial charge in [0.05, 0.1) is 6.08 Å². The number of esters is 1. The van der Waals surface area contributed by atoms with Crippen LogP contribution >= 0.6 is 0 Å². The van der Waals surface area contributed by atoms with Crippen molar-refractivity contribution in [3.8, 4) is 0 Å². The second-order valence-corrected chi connectivity index (χ2v) is 6.31. The molecule has 0 aromatic heterocycles. The van der Waals surface area contributed by atoms with E-state index in [2.05, 4.69) is 6.92 Å². The fraction of sp³-hybridized carbons (Fsp3) is 0.812. The van der Waals surface area contributed by atoms with Crippen LogP contribution < -0.4 is 0 Å². The predicted molar refractivity (Wildman–Crippen MR) is 74.3 cm³/mol. The average Bonchev–Trinajstić information content (AvgIpc) is 2.34. The first kappa shape index (κ1) is 14.4. The maximum absolute atomic E-state index is 11.6. The van der Waals surface area contributed by atoms with Crippen LogP contribution in [0.4, 0.5) is 0 Å². The number of hydrogen-bond donors (Lipinski definition) is 0. The molecule has 1 heterocycles. The van der Waals surface area contributed by atoms with Gasteiger partial charge < -0.3 is 9.47 Å². The monoisotopic (exact) mass is 266 g/mol. The highest BCUT2D eigenvalue weighted by Gasteiger charge is 2.33. The molecule has 19 heavy (non-hydrogen) atoms. The van der Waals surface area contributed by atoms with Gasteiger partial charge in [-0.05, 0) is 18.8 Å². The molecule has 1 aliphatic carbocycles. The minimum absolute atomic E-state index is 0.270. The Morgan fingerprint density at radius 2 is 1.95 bits per heavy atom. The van der Waals surface area contributed by atoms with Gasteiger partial charge in [-0.25, -0.2) is 4.79 Å². The Labute approximate surface area is 116 Å². The first-order chi connectivity index (χ1) is 9.00. The van der Waals surface area contributed by atoms with E-state index in [4.69, 9.17) is 9.47 Å². The molecule has 3 heteroatoms. The van der Waals surface area contributed by atoms with Gasteiger partial charge in [0.25, 0.3) is 0 Å². The summed E-state index contributed by atoms with van der Waals surface area (Å²) in [6, 6.07) is 0. The minimum Gasteiger partial charge on any atom is -0.457 e. The Kier molecular flexibility index (Phi) is 4.54. The molecule has 1 saturated carbocycles. The fourth-order valence-corrected chi connectivity index (χ4v) is 3.23. The second kappa shape index (κ2) is 5.98. The molecule has 3 nitrogen and oxygen atoms in total. The van der Waals surface area contributed by atoms with Gasteiger partial charge in [-0.15, -0.1) is 0 Å². The Morgan fingerprint density at radius 1 is 1.26 bits per heavy atom. The molecule has 1 fully saturated rings. The van der Waals surface area contributed by atoms with Crippen molar-refractivity contribution in [2.75, 3.05) is 0 Å². The third-order valence-electron chi connectivity index (χ3n) is 4.21. The van der Waals surface area contributed by atoms with E-state index >= 15 is 0 Å². The van der Waals surface area contributed by atoms with Crippen LogP contribution in [0.15, 0.2) is 11.8 Å². The molecule has 0 aromatic carbocycles. The van der Waals surface area contributed by atoms with Crippen molar-refractivity contribution in [1.82, 2.24) is 0 Å². The molecule has 2 aliphatic rings. The summed E-state index contributed by atoms with van der Waals surface area (Å²) in [5.41, 5.74) is 0. The van der Waals surface area contributed by atoms with Crippen molar-refractivity contribution in [1.29, 1.82) is 0 Å². The molecule has 1 atom stereocenters. The first-order valence-corrected chi connectivity index (χ1v) is 7.63. The van der Waals surface area contributed by atoms with Gasteiger partial charge in [-0.1, -0.05) is 39.0 Å². The smallest absolute Gasteiger partial charge is 0.337 e. The highest BCUT2D eigenvalue weighted by molar-refractivity contribution is 5.83. The molecule has 0 aromatic rings. The van der Waals surface area contributed by atoms with Gasteiger partial charge in [0.2, 0.25) is 5.79 Å². The van der Waals surface area contributed by atoms with Crippen molar-refractivity contribution >= 4 is 5.97 Å². The molecule has 0 unspecified atom stereocenters. The van der Waals surface area contributed by atoms with E-state index in [1.807, 2.05) is 0 Å². The average molecular weight is 266 g/mol. The first-order valence-electron chi connectivity index (χ1n) is 7.63. The predicted octanol–water partition coefficient (Wildman–Crippen LogP) is 4.18. The Hall–Kier alpha value is -0.990. The normalized spacial score (nSPS) is 25.2. The van der Waals surface area contributed by atoms with Crippen molar-refractivity contribution in [2.24, 2.45) is 11.8 Å². The number of allylic oxidation sites excluding steroid dienone is 1. The Bertz CT molecular complexity index is 351. The number of cyclic esters (lactones) is 1. The van der Waals surface area contributed by atoms with Crippen LogP contribution in [0.25, 0.3) is 0 Å². The number of carbonyl (C=O) groups is 1. The number of hydrogen-bond acceptors (Lipinski definition) is 3. The molecule has 0 radical (unpaired) electrons. The zero-order valence-corrected chi connectivity index (χ0v) is 12.4. The van der Waals surface area contributed by atoms with E-state index in [-0.39, 0.29) is 5.97 Å². The van der Waals surface area contributed by atoms with Crippen LogP contribution in [0.2, 0.25) is 0 Å². The summed E-state index contributed by atoms with van der Waals surface area (Å²) in [7, 11) is 0. The van der Waals surface area contributed by atoms with Crippen LogP contribution in [-0.4, -0.2) is 11.8 Å². The quantitative estimate of drug-likeness (QED) is 0.716. The van der Waals surface area contributed by atoms with E-state index in [0.29, 0.717) is 5.92 Å². The van der Waals surface area contributed by atoms with E-state index in [1.165, 1.54) is 32.1 Å². The maximum atomic E-state index is 11.6. The number of carbonyl (C=O) groups excluding carboxylic acids is 1. The molecular formula is C16H26O3. The van der Waals surface area contributed by atoms with E-state index in [0.717, 1.165) is 24.5 Å². The summed E-state index contributed by atoms with van der Waals surface area (Å²) in [6.07, 6.45) is 10.5. The van der Waals surface area contributed by atoms with Crippen LogP contribution in [0.1, 0.15) is 65.7 Å². The van der Waals surface area contributed by atoms with Gasteiger partial charge in [0.15, 0.2) is 0 Å². The summed E-state index contributed by atoms with van der Waals surface area (Å²) in [6.45, 7) is 5.76. The Morgan fingerprint density at radius 3 is 2.53 bits per heavy atom. The molecule has 0 N–H and O–H groups in total. The second-order valence-electron chi connectivity index (χ2n) is 6.31. The lowest BCUT2D eigenvalue weighted by molar-refractivity contribution is -0.208. The molecule has 0 saturated heterocycles. The summed E-state index contributed by atoms with van der Waals surface area (Å²) in [5, 5.41) is 0. The van der Waals surface area contributed by atoms with Crippen molar-refractivity contribution in [3.05, 3.63) is 11.8 Å². The lowest BCUT2D eigenvalue weighted by atomic mass is 9.81. The number of rotatable bonds is 4. The van der Waals surface area contributed by atoms with Crippen molar-refractivity contribution in [3.63, 3.8) is 0 Å². The zero-order chi connectivity index (χ0) is 13.9. The highest BCUT2D eigenvalue weighted by Crippen LogP contribution is 2.36. The summed E-state index contributed by atoms with van der Waals surface area (Å²) >= 11 is 0. The van der Waals surface area contributed by atoms with Gasteiger partial charge in [0.1, 0.15) is 5.76 Å². The van der Waals surface area contributed by atoms with Crippen LogP contribution in [0.3, 0.4) is 0 Å². The molecule has 0 bridgehead atoms. The van der Waals surface area contributed by atoms with Gasteiger partial charge in [-0.2, -0.15) is 0 Å². The standard InChI is InChI=1S/C16H26O3/c1-4-13(10-12-8-6-5-7-9-12)14-11-15(17)19-16(2,3)18-14/h11-13H,4-10H2,1-3H3/t13-/m1/s1. The largest absolute Gasteiger partial charge is 0.457 e. The summed E-state index contributed by atoms with van der Waals surface area (Å²) in [5.74, 6) is 0.892. The molecule has 0 amide bonds. The van der Waals surface area contributed by atoms with Gasteiger partial charge in [0, 0.05) is 19.8 Å². The highest BCUT2D eigenvalue weighted by atomic mass is 16.7. The molecule has 2 rings (SSSR count). The van der Waals surface area contributed by atoms with Crippen LogP contribution in [-0.2, 0) is 14.3 Å². The molecule has 1 aliphatic heterocycles. The summed E-state index contributed by atoms with van der Waals surface area (Å²) in [4.78, 5) is 11.6. The van der Waals surface area contributed by atoms with Crippen molar-refractivity contribution < 1.29 is 14.3 Å². The Balaban J connectivity index is 2.02. The zero-order valence-electron chi connectivity index (χ0n) is 12.4. The minimum atomic E-state index is -0.818. The van der Waals surface area contributed by atoms with E-state index < -0.39 is 5.79 Å². The van der Waals surface area contributed by atoms with E-state index in [1.54, 1.807) is 19.9 Å². The third-order valence-corrected chi connectivity index (χ3v) is 4.21. The van der Waals surface area contributed by atoms with Gasteiger partial charge >= 0.3 is 5.97 Å². The molecule has 0 spiro atoms. The fourth-order valence-electron chi connectivity index (χ4n) is 3.23. The molecular weight excluding hydrogens is 240 g/mol. The topological polar surface area (TPSA) is 35.5 Å². The number of ether oxygens (including phenoxy) is 2. The lowest BCUT2D eigenvalue weighted by Gasteiger charge is -2.35. The third kappa shape index (κ3) is 3.99. The van der Waals surface area contributed by atoms with Crippen LogP contribution in [0, 0.1) is 11.8 Å². The lowest BCUT2D eigenvalue weighted by Crippen LogP contribution is -2.36. The van der Waals surface area contributed by atoms with Gasteiger partial charge in [-0.3, -0.25) is 0 Å². The summed E-state index contributed by atoms with van der Waals surface area (Å²) < 4.78 is 11.0. The maximum Gasteiger partial charge on any atom is 0.337 e. The van der Waals surface area contributed by atoms with Crippen LogP contribution in [0.5, 0.6) is 0 Å². The SMILES string of the molecule is CC[C@H](CC1CCCCC1)C1=CC(=O)OC(C)(C)O1. The molecule has 108 valence electrons. The van der Waals surface area contributed by atoms with Crippen molar-refractivity contribution in [2.45, 2.75) is 71.5 Å².